The standard InChI is InChI=1S/C21H15N3O3S/c1-2-13-23-20(22-16-9-5-3-7-14(16)21(23)25)19-12-11-18(28-19)15-8-4-6-10-17(15)24(26)27/h1,3-12,20,22H,13H2. The number of carbonyl (C=O) groups excluding carboxylic acids is 1. The van der Waals surface area contributed by atoms with Crippen molar-refractivity contribution in [1.82, 2.24) is 4.90 Å². The van der Waals surface area contributed by atoms with E-state index in [0.717, 1.165) is 15.4 Å². The van der Waals surface area contributed by atoms with Gasteiger partial charge in [0.05, 0.1) is 22.6 Å². The van der Waals surface area contributed by atoms with Crippen LogP contribution in [0.4, 0.5) is 11.4 Å². The molecule has 138 valence electrons. The van der Waals surface area contributed by atoms with E-state index in [1.165, 1.54) is 17.4 Å². The summed E-state index contributed by atoms with van der Waals surface area (Å²) >= 11 is 1.40. The van der Waals surface area contributed by atoms with E-state index < -0.39 is 11.1 Å². The van der Waals surface area contributed by atoms with Crippen molar-refractivity contribution in [3.8, 4) is 22.8 Å². The lowest BCUT2D eigenvalue weighted by molar-refractivity contribution is -0.384. The van der Waals surface area contributed by atoms with Crippen molar-refractivity contribution < 1.29 is 9.72 Å². The fourth-order valence-electron chi connectivity index (χ4n) is 3.26. The molecule has 28 heavy (non-hydrogen) atoms. The van der Waals surface area contributed by atoms with Crippen LogP contribution in [0.1, 0.15) is 21.4 Å². The highest BCUT2D eigenvalue weighted by Gasteiger charge is 2.33. The first-order chi connectivity index (χ1) is 13.6. The molecule has 1 N–H and O–H groups in total. The first kappa shape index (κ1) is 17.8. The van der Waals surface area contributed by atoms with Gasteiger partial charge in [-0.1, -0.05) is 30.2 Å². The third-order valence-electron chi connectivity index (χ3n) is 4.55. The second kappa shape index (κ2) is 7.18. The number of anilines is 1. The summed E-state index contributed by atoms with van der Waals surface area (Å²) in [4.78, 5) is 27.1. The average Bonchev–Trinajstić information content (AvgIpc) is 3.20. The van der Waals surface area contributed by atoms with Gasteiger partial charge in [-0.25, -0.2) is 0 Å². The Morgan fingerprint density at radius 1 is 1.11 bits per heavy atom. The van der Waals surface area contributed by atoms with Crippen LogP contribution < -0.4 is 5.32 Å². The molecular weight excluding hydrogens is 374 g/mol. The molecule has 0 aliphatic carbocycles. The topological polar surface area (TPSA) is 75.5 Å². The summed E-state index contributed by atoms with van der Waals surface area (Å²) in [7, 11) is 0. The summed E-state index contributed by atoms with van der Waals surface area (Å²) in [5, 5.41) is 14.7. The van der Waals surface area contributed by atoms with Gasteiger partial charge in [-0.05, 0) is 30.3 Å². The number of hydrogen-bond donors (Lipinski definition) is 1. The third-order valence-corrected chi connectivity index (χ3v) is 5.72. The largest absolute Gasteiger partial charge is 0.360 e. The Hall–Kier alpha value is -3.63. The van der Waals surface area contributed by atoms with E-state index in [1.807, 2.05) is 30.3 Å². The zero-order valence-corrected chi connectivity index (χ0v) is 15.5. The van der Waals surface area contributed by atoms with Gasteiger partial charge in [0, 0.05) is 21.5 Å². The highest BCUT2D eigenvalue weighted by atomic mass is 32.1. The normalized spacial score (nSPS) is 15.5. The molecule has 6 nitrogen and oxygen atoms in total. The number of para-hydroxylation sites is 2. The quantitative estimate of drug-likeness (QED) is 0.404. The Morgan fingerprint density at radius 2 is 1.82 bits per heavy atom. The monoisotopic (exact) mass is 389 g/mol. The molecule has 1 unspecified atom stereocenters. The number of terminal acetylenes is 1. The molecule has 1 aliphatic rings. The van der Waals surface area contributed by atoms with Crippen LogP contribution in [0.25, 0.3) is 10.4 Å². The van der Waals surface area contributed by atoms with Gasteiger partial charge in [0.2, 0.25) is 0 Å². The summed E-state index contributed by atoms with van der Waals surface area (Å²) in [6.45, 7) is 0.156. The molecule has 0 saturated heterocycles. The van der Waals surface area contributed by atoms with Crippen LogP contribution in [-0.4, -0.2) is 22.3 Å². The number of fused-ring (bicyclic) bond motifs is 1. The molecule has 7 heteroatoms. The van der Waals surface area contributed by atoms with Crippen molar-refractivity contribution in [2.75, 3.05) is 11.9 Å². The molecule has 1 aliphatic heterocycles. The first-order valence-corrected chi connectivity index (χ1v) is 9.35. The second-order valence-corrected chi connectivity index (χ2v) is 7.32. The minimum Gasteiger partial charge on any atom is -0.360 e. The Balaban J connectivity index is 1.75. The van der Waals surface area contributed by atoms with Crippen LogP contribution in [-0.2, 0) is 0 Å². The number of hydrogen-bond acceptors (Lipinski definition) is 5. The van der Waals surface area contributed by atoms with Crippen LogP contribution in [0.5, 0.6) is 0 Å². The van der Waals surface area contributed by atoms with Crippen molar-refractivity contribution in [1.29, 1.82) is 0 Å². The number of rotatable bonds is 4. The van der Waals surface area contributed by atoms with Crippen LogP contribution in [0, 0.1) is 22.5 Å². The van der Waals surface area contributed by atoms with Crippen molar-refractivity contribution in [3.63, 3.8) is 0 Å². The molecule has 0 bridgehead atoms. The lowest BCUT2D eigenvalue weighted by Gasteiger charge is -2.36. The van der Waals surface area contributed by atoms with Crippen molar-refractivity contribution >= 4 is 28.6 Å². The van der Waals surface area contributed by atoms with Crippen LogP contribution in [0.2, 0.25) is 0 Å². The van der Waals surface area contributed by atoms with E-state index in [2.05, 4.69) is 11.2 Å². The minimum atomic E-state index is -0.431. The zero-order chi connectivity index (χ0) is 19.7. The number of carbonyl (C=O) groups is 1. The molecule has 1 aromatic heterocycles. The van der Waals surface area contributed by atoms with Gasteiger partial charge in [-0.15, -0.1) is 17.8 Å². The Morgan fingerprint density at radius 3 is 2.57 bits per heavy atom. The van der Waals surface area contributed by atoms with Gasteiger partial charge in [-0.3, -0.25) is 14.9 Å². The van der Waals surface area contributed by atoms with Gasteiger partial charge in [-0.2, -0.15) is 0 Å². The van der Waals surface area contributed by atoms with Crippen molar-refractivity contribution in [3.05, 3.63) is 81.2 Å². The van der Waals surface area contributed by atoms with Crippen molar-refractivity contribution in [2.24, 2.45) is 0 Å². The van der Waals surface area contributed by atoms with E-state index in [1.54, 1.807) is 29.2 Å². The highest BCUT2D eigenvalue weighted by Crippen LogP contribution is 2.40. The third kappa shape index (κ3) is 3.00. The lowest BCUT2D eigenvalue weighted by atomic mass is 10.1. The van der Waals surface area contributed by atoms with E-state index in [9.17, 15) is 14.9 Å². The smallest absolute Gasteiger partial charge is 0.278 e. The van der Waals surface area contributed by atoms with Gasteiger partial charge < -0.3 is 10.2 Å². The maximum atomic E-state index is 12.9. The molecule has 0 radical (unpaired) electrons. The maximum absolute atomic E-state index is 12.9. The number of thiophene rings is 1. The van der Waals surface area contributed by atoms with Gasteiger partial charge in [0.15, 0.2) is 0 Å². The number of nitrogens with zero attached hydrogens (tertiary/aromatic N) is 2. The molecule has 1 amide bonds. The maximum Gasteiger partial charge on any atom is 0.278 e. The summed E-state index contributed by atoms with van der Waals surface area (Å²) in [6.07, 6.45) is 5.06. The predicted molar refractivity (Wildman–Crippen MR) is 109 cm³/mol. The lowest BCUT2D eigenvalue weighted by Crippen LogP contribution is -2.42. The van der Waals surface area contributed by atoms with E-state index in [4.69, 9.17) is 6.42 Å². The molecule has 0 spiro atoms. The van der Waals surface area contributed by atoms with E-state index in [-0.39, 0.29) is 18.1 Å². The summed E-state index contributed by atoms with van der Waals surface area (Å²) < 4.78 is 0. The van der Waals surface area contributed by atoms with E-state index >= 15 is 0 Å². The molecule has 0 fully saturated rings. The SMILES string of the molecule is C#CCN1C(=O)c2ccccc2NC1c1ccc(-c2ccccc2[N+](=O)[O-])s1. The van der Waals surface area contributed by atoms with Crippen LogP contribution in [0.3, 0.4) is 0 Å². The molecule has 2 heterocycles. The Bertz CT molecular complexity index is 1120. The number of nitro groups is 1. The first-order valence-electron chi connectivity index (χ1n) is 8.53. The van der Waals surface area contributed by atoms with Crippen LogP contribution in [0.15, 0.2) is 60.7 Å². The molecule has 1 atom stereocenters. The Labute approximate surface area is 165 Å². The highest BCUT2D eigenvalue weighted by molar-refractivity contribution is 7.15. The summed E-state index contributed by atoms with van der Waals surface area (Å²) in [6, 6.07) is 17.6. The molecule has 3 aromatic rings. The zero-order valence-electron chi connectivity index (χ0n) is 14.7. The van der Waals surface area contributed by atoms with Gasteiger partial charge in [0.1, 0.15) is 6.17 Å². The Kier molecular flexibility index (Phi) is 4.55. The number of benzene rings is 2. The van der Waals surface area contributed by atoms with Crippen molar-refractivity contribution in [2.45, 2.75) is 6.17 Å². The number of nitro benzene ring substituents is 1. The van der Waals surface area contributed by atoms with E-state index in [0.29, 0.717) is 11.1 Å². The molecular formula is C21H15N3O3S. The summed E-state index contributed by atoms with van der Waals surface area (Å²) in [5.74, 6) is 2.40. The molecule has 2 aromatic carbocycles. The molecule has 4 rings (SSSR count). The molecule has 0 saturated carbocycles. The average molecular weight is 389 g/mol. The fraction of sp³-hybridized carbons (Fsp3) is 0.0952. The minimum absolute atomic E-state index is 0.0504. The predicted octanol–water partition coefficient (Wildman–Crippen LogP) is 4.52. The fourth-order valence-corrected chi connectivity index (χ4v) is 4.37. The van der Waals surface area contributed by atoms with Gasteiger partial charge >= 0.3 is 0 Å². The number of nitrogens with one attached hydrogen (secondary N) is 1. The number of amides is 1. The van der Waals surface area contributed by atoms with Gasteiger partial charge in [0.25, 0.3) is 11.6 Å². The second-order valence-electron chi connectivity index (χ2n) is 6.21. The van der Waals surface area contributed by atoms with Crippen LogP contribution >= 0.6 is 11.3 Å². The summed E-state index contributed by atoms with van der Waals surface area (Å²) in [5.41, 5.74) is 1.92.